The van der Waals surface area contributed by atoms with Crippen LogP contribution in [0.1, 0.15) is 50.0 Å². The van der Waals surface area contributed by atoms with E-state index in [9.17, 15) is 4.79 Å². The van der Waals surface area contributed by atoms with Crippen molar-refractivity contribution in [3.05, 3.63) is 77.5 Å². The lowest BCUT2D eigenvalue weighted by Gasteiger charge is -2.19. The molecule has 0 spiro atoms. The lowest BCUT2D eigenvalue weighted by molar-refractivity contribution is 0.0932. The molecule has 1 unspecified atom stereocenters. The Morgan fingerprint density at radius 1 is 1.11 bits per heavy atom. The molecule has 1 atom stereocenters. The van der Waals surface area contributed by atoms with Crippen molar-refractivity contribution in [1.29, 1.82) is 0 Å². The van der Waals surface area contributed by atoms with E-state index in [0.717, 1.165) is 43.7 Å². The summed E-state index contributed by atoms with van der Waals surface area (Å²) in [4.78, 5) is 19.5. The summed E-state index contributed by atoms with van der Waals surface area (Å²) in [6.45, 7) is 9.46. The number of halogens is 1. The van der Waals surface area contributed by atoms with Gasteiger partial charge in [-0.15, -0.1) is 10.2 Å². The molecule has 4 aromatic rings. The van der Waals surface area contributed by atoms with Crippen LogP contribution in [-0.4, -0.2) is 56.2 Å². The molecule has 0 aliphatic carbocycles. The van der Waals surface area contributed by atoms with E-state index < -0.39 is 0 Å². The monoisotopic (exact) mass is 552 g/mol. The first-order valence-electron chi connectivity index (χ1n) is 12.9. The minimum atomic E-state index is -0.228. The predicted octanol–water partition coefficient (Wildman–Crippen LogP) is 6.11. The number of benzene rings is 2. The molecule has 4 rings (SSSR count). The molecule has 0 bridgehead atoms. The fourth-order valence-electron chi connectivity index (χ4n) is 4.13. The third kappa shape index (κ3) is 7.03. The molecular weight excluding hydrogens is 520 g/mol. The Labute approximate surface area is 232 Å². The quantitative estimate of drug-likeness (QED) is 0.200. The van der Waals surface area contributed by atoms with Gasteiger partial charge in [-0.05, 0) is 63.7 Å². The average molecular weight is 553 g/mol. The number of nitrogens with zero attached hydrogens (tertiary/aromatic N) is 5. The van der Waals surface area contributed by atoms with Gasteiger partial charge in [0.2, 0.25) is 5.89 Å². The van der Waals surface area contributed by atoms with E-state index in [4.69, 9.17) is 16.0 Å². The molecule has 1 amide bonds. The molecule has 10 heteroatoms. The maximum absolute atomic E-state index is 12.7. The van der Waals surface area contributed by atoms with Gasteiger partial charge < -0.3 is 14.6 Å². The van der Waals surface area contributed by atoms with Crippen molar-refractivity contribution < 1.29 is 9.21 Å². The summed E-state index contributed by atoms with van der Waals surface area (Å²) in [5.74, 6) is 1.25. The zero-order valence-electron chi connectivity index (χ0n) is 21.9. The van der Waals surface area contributed by atoms with Crippen LogP contribution < -0.4 is 5.32 Å². The van der Waals surface area contributed by atoms with Gasteiger partial charge >= 0.3 is 0 Å². The van der Waals surface area contributed by atoms with Crippen LogP contribution in [0.25, 0.3) is 17.1 Å². The van der Waals surface area contributed by atoms with Crippen LogP contribution in [0.4, 0.5) is 0 Å². The summed E-state index contributed by atoms with van der Waals surface area (Å²) in [7, 11) is 0. The molecule has 0 fully saturated rings. The first kappa shape index (κ1) is 27.9. The highest BCUT2D eigenvalue weighted by molar-refractivity contribution is 7.98. The number of thioether (sulfide) groups is 1. The molecule has 2 aromatic heterocycles. The molecule has 200 valence electrons. The number of nitrogens with one attached hydrogen (secondary N) is 1. The van der Waals surface area contributed by atoms with Gasteiger partial charge in [0, 0.05) is 17.3 Å². The van der Waals surface area contributed by atoms with Crippen molar-refractivity contribution in [3.63, 3.8) is 0 Å². The van der Waals surface area contributed by atoms with E-state index in [1.807, 2.05) is 66.1 Å². The Morgan fingerprint density at radius 3 is 2.58 bits per heavy atom. The lowest BCUT2D eigenvalue weighted by Crippen LogP contribution is -2.33. The second kappa shape index (κ2) is 13.6. The molecule has 38 heavy (non-hydrogen) atoms. The van der Waals surface area contributed by atoms with Gasteiger partial charge in [-0.3, -0.25) is 9.36 Å². The summed E-state index contributed by atoms with van der Waals surface area (Å²) in [6, 6.07) is 17.5. The van der Waals surface area contributed by atoms with Gasteiger partial charge in [-0.1, -0.05) is 67.5 Å². The summed E-state index contributed by atoms with van der Waals surface area (Å²) in [5, 5.41) is 13.1. The number of carbonyl (C=O) groups is 1. The number of oxazole rings is 1. The van der Waals surface area contributed by atoms with E-state index in [-0.39, 0.29) is 17.6 Å². The van der Waals surface area contributed by atoms with E-state index in [0.29, 0.717) is 27.6 Å². The van der Waals surface area contributed by atoms with Crippen LogP contribution in [0.5, 0.6) is 0 Å². The Hall–Kier alpha value is -3.14. The molecule has 0 radical (unpaired) electrons. The highest BCUT2D eigenvalue weighted by atomic mass is 35.5. The molecule has 0 saturated heterocycles. The number of carbonyl (C=O) groups excluding carboxylic acids is 1. The van der Waals surface area contributed by atoms with Gasteiger partial charge in [-0.2, -0.15) is 0 Å². The van der Waals surface area contributed by atoms with Crippen molar-refractivity contribution >= 4 is 29.3 Å². The second-order valence-corrected chi connectivity index (χ2v) is 10.3. The second-order valence-electron chi connectivity index (χ2n) is 8.92. The van der Waals surface area contributed by atoms with Gasteiger partial charge in [0.1, 0.15) is 6.26 Å². The number of hydrogen-bond donors (Lipinski definition) is 1. The Bertz CT molecular complexity index is 1320. The highest BCUT2D eigenvalue weighted by Gasteiger charge is 2.20. The van der Waals surface area contributed by atoms with Gasteiger partial charge in [-0.25, -0.2) is 4.98 Å². The zero-order chi connectivity index (χ0) is 26.9. The molecular formula is C28H33ClN6O2S. The maximum atomic E-state index is 12.7. The summed E-state index contributed by atoms with van der Waals surface area (Å²) in [5.41, 5.74) is 1.98. The first-order chi connectivity index (χ1) is 18.5. The smallest absolute Gasteiger partial charge is 0.273 e. The standard InChI is InChI=1S/C28H33ClN6O2S/c1-4-34(5-2)17-11-12-20(3)30-27(36)24-18-37-25(31-24)19-38-28-33-32-26(22-15-9-10-16-23(22)29)35(28)21-13-7-6-8-14-21/h6-10,13-16,18,20H,4-5,11-12,17,19H2,1-3H3,(H,30,36). The SMILES string of the molecule is CCN(CC)CCCC(C)NC(=O)c1coc(CSc2nnc(-c3ccccc3Cl)n2-c2ccccc2)n1. The summed E-state index contributed by atoms with van der Waals surface area (Å²) >= 11 is 7.90. The summed E-state index contributed by atoms with van der Waals surface area (Å²) in [6.07, 6.45) is 3.35. The molecule has 0 saturated carbocycles. The van der Waals surface area contributed by atoms with E-state index in [1.54, 1.807) is 0 Å². The number of aromatic nitrogens is 4. The molecule has 8 nitrogen and oxygen atoms in total. The Balaban J connectivity index is 1.41. The van der Waals surface area contributed by atoms with Gasteiger partial charge in [0.05, 0.1) is 10.8 Å². The average Bonchev–Trinajstić information content (AvgIpc) is 3.58. The van der Waals surface area contributed by atoms with Crippen molar-refractivity contribution in [3.8, 4) is 17.1 Å². The van der Waals surface area contributed by atoms with Crippen molar-refractivity contribution in [2.75, 3.05) is 19.6 Å². The zero-order valence-corrected chi connectivity index (χ0v) is 23.5. The van der Waals surface area contributed by atoms with Crippen LogP contribution in [-0.2, 0) is 5.75 Å². The number of para-hydroxylation sites is 1. The fourth-order valence-corrected chi connectivity index (χ4v) is 5.15. The normalized spacial score (nSPS) is 12.1. The fraction of sp³-hybridized carbons (Fsp3) is 0.357. The van der Waals surface area contributed by atoms with E-state index in [2.05, 4.69) is 39.2 Å². The predicted molar refractivity (Wildman–Crippen MR) is 152 cm³/mol. The molecule has 1 N–H and O–H groups in total. The minimum absolute atomic E-state index is 0.0558. The number of amides is 1. The van der Waals surface area contributed by atoms with Crippen LogP contribution in [0, 0.1) is 0 Å². The van der Waals surface area contributed by atoms with Crippen molar-refractivity contribution in [2.24, 2.45) is 0 Å². The maximum Gasteiger partial charge on any atom is 0.273 e. The number of rotatable bonds is 13. The minimum Gasteiger partial charge on any atom is -0.447 e. The van der Waals surface area contributed by atoms with E-state index >= 15 is 0 Å². The molecule has 0 aliphatic rings. The van der Waals surface area contributed by atoms with Gasteiger partial charge in [0.15, 0.2) is 16.7 Å². The number of hydrogen-bond acceptors (Lipinski definition) is 7. The molecule has 2 heterocycles. The van der Waals surface area contributed by atoms with Gasteiger partial charge in [0.25, 0.3) is 5.91 Å². The highest BCUT2D eigenvalue weighted by Crippen LogP contribution is 2.32. The lowest BCUT2D eigenvalue weighted by atomic mass is 10.1. The van der Waals surface area contributed by atoms with Crippen LogP contribution >= 0.6 is 23.4 Å². The summed E-state index contributed by atoms with van der Waals surface area (Å²) < 4.78 is 7.57. The first-order valence-corrected chi connectivity index (χ1v) is 14.2. The Kier molecular flexibility index (Phi) is 9.98. The molecule has 0 aliphatic heterocycles. The third-order valence-corrected chi connectivity index (χ3v) is 7.50. The topological polar surface area (TPSA) is 89.1 Å². The van der Waals surface area contributed by atoms with Crippen LogP contribution in [0.15, 0.2) is 70.4 Å². The van der Waals surface area contributed by atoms with Crippen molar-refractivity contribution in [2.45, 2.75) is 50.6 Å². The third-order valence-electron chi connectivity index (χ3n) is 6.26. The van der Waals surface area contributed by atoms with Crippen LogP contribution in [0.2, 0.25) is 5.02 Å². The van der Waals surface area contributed by atoms with Crippen molar-refractivity contribution in [1.82, 2.24) is 30.0 Å². The molecule has 2 aromatic carbocycles. The largest absolute Gasteiger partial charge is 0.447 e. The van der Waals surface area contributed by atoms with E-state index in [1.165, 1.54) is 18.0 Å². The van der Waals surface area contributed by atoms with Crippen LogP contribution in [0.3, 0.4) is 0 Å². The Morgan fingerprint density at radius 2 is 1.84 bits per heavy atom.